The quantitative estimate of drug-likeness (QED) is 0.890. The average molecular weight is 293 g/mol. The Labute approximate surface area is 125 Å². The first-order chi connectivity index (χ1) is 9.65. The summed E-state index contributed by atoms with van der Waals surface area (Å²) in [6, 6.07) is 4.02. The summed E-state index contributed by atoms with van der Waals surface area (Å²) in [6.45, 7) is 4.95. The van der Waals surface area contributed by atoms with Gasteiger partial charge in [-0.05, 0) is 37.5 Å². The number of rotatable bonds is 6. The van der Waals surface area contributed by atoms with Crippen LogP contribution in [0.1, 0.15) is 30.8 Å². The molecule has 2 rings (SSSR count). The molecule has 0 aliphatic rings. The fourth-order valence-electron chi connectivity index (χ4n) is 2.35. The van der Waals surface area contributed by atoms with Gasteiger partial charge in [-0.3, -0.25) is 9.67 Å². The summed E-state index contributed by atoms with van der Waals surface area (Å²) < 4.78 is 1.97. The van der Waals surface area contributed by atoms with E-state index in [0.29, 0.717) is 0 Å². The molecule has 0 bridgehead atoms. The summed E-state index contributed by atoms with van der Waals surface area (Å²) >= 11 is 6.41. The second-order valence-corrected chi connectivity index (χ2v) is 5.28. The van der Waals surface area contributed by atoms with Gasteiger partial charge in [-0.2, -0.15) is 5.10 Å². The number of halogens is 1. The van der Waals surface area contributed by atoms with Crippen molar-refractivity contribution < 1.29 is 0 Å². The molecule has 0 spiro atoms. The van der Waals surface area contributed by atoms with Crippen molar-refractivity contribution in [3.63, 3.8) is 0 Å². The van der Waals surface area contributed by atoms with Gasteiger partial charge in [0, 0.05) is 31.4 Å². The Bertz CT molecular complexity index is 551. The molecule has 0 aromatic carbocycles. The van der Waals surface area contributed by atoms with Crippen molar-refractivity contribution in [1.82, 2.24) is 14.8 Å². The van der Waals surface area contributed by atoms with E-state index in [9.17, 15) is 0 Å². The zero-order valence-electron chi connectivity index (χ0n) is 12.0. The van der Waals surface area contributed by atoms with Crippen LogP contribution in [0.2, 0.25) is 5.02 Å². The molecular weight excluding hydrogens is 272 g/mol. The standard InChI is InChI=1S/C15H21ClN4/c1-3-13-15(16)14(20(4-2)19-13)10-12(17)9-11-5-7-18-8-6-11/h5-8,12H,3-4,9-10,17H2,1-2H3. The zero-order valence-corrected chi connectivity index (χ0v) is 12.8. The van der Waals surface area contributed by atoms with Crippen molar-refractivity contribution in [3.05, 3.63) is 46.5 Å². The summed E-state index contributed by atoms with van der Waals surface area (Å²) in [5, 5.41) is 5.30. The molecule has 2 heterocycles. The van der Waals surface area contributed by atoms with Gasteiger partial charge in [-0.25, -0.2) is 0 Å². The number of hydrogen-bond donors (Lipinski definition) is 1. The van der Waals surface area contributed by atoms with Crippen LogP contribution < -0.4 is 5.73 Å². The van der Waals surface area contributed by atoms with Crippen molar-refractivity contribution in [1.29, 1.82) is 0 Å². The summed E-state index contributed by atoms with van der Waals surface area (Å²) in [4.78, 5) is 4.02. The molecule has 0 radical (unpaired) electrons. The number of hydrogen-bond acceptors (Lipinski definition) is 3. The van der Waals surface area contributed by atoms with Crippen LogP contribution in [0.25, 0.3) is 0 Å². The fraction of sp³-hybridized carbons (Fsp3) is 0.467. The van der Waals surface area contributed by atoms with E-state index in [1.807, 2.05) is 16.8 Å². The van der Waals surface area contributed by atoms with Gasteiger partial charge in [-0.15, -0.1) is 0 Å². The van der Waals surface area contributed by atoms with Crippen molar-refractivity contribution in [2.45, 2.75) is 45.7 Å². The van der Waals surface area contributed by atoms with Crippen molar-refractivity contribution >= 4 is 11.6 Å². The molecule has 2 aromatic rings. The Morgan fingerprint density at radius 1 is 1.25 bits per heavy atom. The van der Waals surface area contributed by atoms with Crippen LogP contribution in [0, 0.1) is 0 Å². The lowest BCUT2D eigenvalue weighted by molar-refractivity contribution is 0.573. The number of aromatic nitrogens is 3. The molecule has 0 saturated carbocycles. The van der Waals surface area contributed by atoms with Gasteiger partial charge in [0.1, 0.15) is 0 Å². The van der Waals surface area contributed by atoms with Crippen LogP contribution in [0.3, 0.4) is 0 Å². The van der Waals surface area contributed by atoms with Gasteiger partial charge >= 0.3 is 0 Å². The third-order valence-electron chi connectivity index (χ3n) is 3.40. The van der Waals surface area contributed by atoms with E-state index in [1.54, 1.807) is 12.4 Å². The minimum atomic E-state index is 0.0293. The van der Waals surface area contributed by atoms with Crippen molar-refractivity contribution in [2.75, 3.05) is 0 Å². The third kappa shape index (κ3) is 3.38. The summed E-state index contributed by atoms with van der Waals surface area (Å²) in [5.74, 6) is 0. The molecule has 0 aliphatic carbocycles. The van der Waals surface area contributed by atoms with Crippen molar-refractivity contribution in [2.24, 2.45) is 5.73 Å². The Morgan fingerprint density at radius 3 is 2.55 bits per heavy atom. The molecular formula is C15H21ClN4. The van der Waals surface area contributed by atoms with E-state index in [0.717, 1.165) is 42.2 Å². The van der Waals surface area contributed by atoms with E-state index in [-0.39, 0.29) is 6.04 Å². The van der Waals surface area contributed by atoms with Gasteiger partial charge in [0.2, 0.25) is 0 Å². The predicted molar refractivity (Wildman–Crippen MR) is 81.9 cm³/mol. The lowest BCUT2D eigenvalue weighted by atomic mass is 10.0. The second-order valence-electron chi connectivity index (χ2n) is 4.90. The maximum absolute atomic E-state index is 6.41. The Balaban J connectivity index is 2.11. The van der Waals surface area contributed by atoms with Crippen LogP contribution in [0.5, 0.6) is 0 Å². The highest BCUT2D eigenvalue weighted by molar-refractivity contribution is 6.31. The first-order valence-electron chi connectivity index (χ1n) is 7.04. The molecule has 2 aromatic heterocycles. The highest BCUT2D eigenvalue weighted by atomic mass is 35.5. The Hall–Kier alpha value is -1.39. The molecule has 0 fully saturated rings. The predicted octanol–water partition coefficient (Wildman–Crippen LogP) is 2.63. The fourth-order valence-corrected chi connectivity index (χ4v) is 2.70. The molecule has 2 N–H and O–H groups in total. The maximum Gasteiger partial charge on any atom is 0.0850 e. The summed E-state index contributed by atoms with van der Waals surface area (Å²) in [7, 11) is 0. The first kappa shape index (κ1) is 15.0. The van der Waals surface area contributed by atoms with Gasteiger partial charge in [-0.1, -0.05) is 18.5 Å². The third-order valence-corrected chi connectivity index (χ3v) is 3.83. The SMILES string of the molecule is CCc1nn(CC)c(CC(N)Cc2ccncc2)c1Cl. The van der Waals surface area contributed by atoms with Crippen LogP contribution in [0.4, 0.5) is 0 Å². The first-order valence-corrected chi connectivity index (χ1v) is 7.42. The molecule has 5 heteroatoms. The van der Waals surface area contributed by atoms with E-state index >= 15 is 0 Å². The van der Waals surface area contributed by atoms with E-state index in [4.69, 9.17) is 17.3 Å². The Morgan fingerprint density at radius 2 is 1.95 bits per heavy atom. The summed E-state index contributed by atoms with van der Waals surface area (Å²) in [6.07, 6.45) is 5.98. The molecule has 0 amide bonds. The molecule has 1 atom stereocenters. The average Bonchev–Trinajstić information content (AvgIpc) is 2.76. The minimum Gasteiger partial charge on any atom is -0.327 e. The number of nitrogens with two attached hydrogens (primary N) is 1. The van der Waals surface area contributed by atoms with E-state index in [2.05, 4.69) is 23.9 Å². The summed E-state index contributed by atoms with van der Waals surface area (Å²) in [5.41, 5.74) is 9.46. The van der Waals surface area contributed by atoms with Gasteiger partial charge in [0.25, 0.3) is 0 Å². The lowest BCUT2D eigenvalue weighted by Crippen LogP contribution is -2.27. The Kier molecular flexibility index (Phi) is 5.15. The number of aryl methyl sites for hydroxylation is 2. The number of nitrogens with zero attached hydrogens (tertiary/aromatic N) is 3. The van der Waals surface area contributed by atoms with Gasteiger partial charge < -0.3 is 5.73 Å². The smallest absolute Gasteiger partial charge is 0.0850 e. The topological polar surface area (TPSA) is 56.7 Å². The van der Waals surface area contributed by atoms with Crippen LogP contribution in [-0.2, 0) is 25.8 Å². The number of pyridine rings is 1. The van der Waals surface area contributed by atoms with E-state index in [1.165, 1.54) is 5.56 Å². The van der Waals surface area contributed by atoms with Gasteiger partial charge in [0.15, 0.2) is 0 Å². The normalized spacial score (nSPS) is 12.6. The zero-order chi connectivity index (χ0) is 14.5. The van der Waals surface area contributed by atoms with Crippen LogP contribution in [-0.4, -0.2) is 20.8 Å². The van der Waals surface area contributed by atoms with Crippen LogP contribution >= 0.6 is 11.6 Å². The molecule has 108 valence electrons. The highest BCUT2D eigenvalue weighted by Crippen LogP contribution is 2.23. The molecule has 1 unspecified atom stereocenters. The lowest BCUT2D eigenvalue weighted by Gasteiger charge is -2.13. The maximum atomic E-state index is 6.41. The largest absolute Gasteiger partial charge is 0.327 e. The molecule has 4 nitrogen and oxygen atoms in total. The molecule has 0 saturated heterocycles. The second kappa shape index (κ2) is 6.86. The van der Waals surface area contributed by atoms with Gasteiger partial charge in [0.05, 0.1) is 16.4 Å². The van der Waals surface area contributed by atoms with Crippen molar-refractivity contribution in [3.8, 4) is 0 Å². The minimum absolute atomic E-state index is 0.0293. The molecule has 20 heavy (non-hydrogen) atoms. The monoisotopic (exact) mass is 292 g/mol. The van der Waals surface area contributed by atoms with E-state index < -0.39 is 0 Å². The molecule has 0 aliphatic heterocycles. The highest BCUT2D eigenvalue weighted by Gasteiger charge is 2.17. The van der Waals surface area contributed by atoms with Crippen LogP contribution in [0.15, 0.2) is 24.5 Å².